The van der Waals surface area contributed by atoms with E-state index in [0.29, 0.717) is 0 Å². The Morgan fingerprint density at radius 2 is 2.00 bits per heavy atom. The van der Waals surface area contributed by atoms with Crippen LogP contribution in [0.15, 0.2) is 44.4 Å². The normalized spacial score (nSPS) is 13.4. The van der Waals surface area contributed by atoms with E-state index >= 15 is 0 Å². The highest BCUT2D eigenvalue weighted by molar-refractivity contribution is 9.10. The van der Waals surface area contributed by atoms with E-state index in [9.17, 15) is 12.8 Å². The molecule has 0 amide bonds. The van der Waals surface area contributed by atoms with Crippen molar-refractivity contribution >= 4 is 37.3 Å². The molecular weight excluding hydrogens is 415 g/mol. The van der Waals surface area contributed by atoms with Crippen LogP contribution in [-0.4, -0.2) is 33.0 Å². The number of benzene rings is 1. The summed E-state index contributed by atoms with van der Waals surface area (Å²) < 4.78 is 41.2. The molecule has 1 N–H and O–H groups in total. The van der Waals surface area contributed by atoms with Crippen LogP contribution >= 0.6 is 27.3 Å². The number of rotatable bonds is 8. The van der Waals surface area contributed by atoms with Crippen LogP contribution in [0.3, 0.4) is 0 Å². The SMILES string of the molecule is CCN(CC)C(CNS(=O)(=O)c1ccc(F)cc1Br)c1ccsc1. The van der Waals surface area contributed by atoms with Gasteiger partial charge in [-0.05, 0) is 69.6 Å². The molecule has 1 heterocycles. The maximum absolute atomic E-state index is 13.2. The summed E-state index contributed by atoms with van der Waals surface area (Å²) in [5.74, 6) is -0.486. The van der Waals surface area contributed by atoms with Crippen molar-refractivity contribution in [2.75, 3.05) is 19.6 Å². The van der Waals surface area contributed by atoms with Gasteiger partial charge in [-0.25, -0.2) is 17.5 Å². The fourth-order valence-electron chi connectivity index (χ4n) is 2.55. The van der Waals surface area contributed by atoms with Crippen molar-refractivity contribution in [2.45, 2.75) is 24.8 Å². The predicted octanol–water partition coefficient (Wildman–Crippen LogP) is 4.01. The molecular formula is C16H20BrFN2O2S2. The van der Waals surface area contributed by atoms with Crippen LogP contribution in [0.25, 0.3) is 0 Å². The molecule has 1 aromatic heterocycles. The second-order valence-corrected chi connectivity index (χ2v) is 8.59. The number of likely N-dealkylation sites (N-methyl/N-ethyl adjacent to an activating group) is 1. The first-order valence-electron chi connectivity index (χ1n) is 7.60. The van der Waals surface area contributed by atoms with Crippen LogP contribution in [-0.2, 0) is 10.0 Å². The van der Waals surface area contributed by atoms with E-state index in [1.165, 1.54) is 6.07 Å². The molecule has 24 heavy (non-hydrogen) atoms. The van der Waals surface area contributed by atoms with Gasteiger partial charge in [-0.3, -0.25) is 4.90 Å². The average Bonchev–Trinajstić information content (AvgIpc) is 3.05. The Morgan fingerprint density at radius 1 is 1.29 bits per heavy atom. The molecule has 1 atom stereocenters. The molecule has 1 aromatic carbocycles. The van der Waals surface area contributed by atoms with E-state index in [0.717, 1.165) is 30.8 Å². The first kappa shape index (κ1) is 19.5. The minimum Gasteiger partial charge on any atom is -0.296 e. The number of nitrogens with one attached hydrogen (secondary N) is 1. The molecule has 0 aliphatic rings. The van der Waals surface area contributed by atoms with Crippen LogP contribution in [0.2, 0.25) is 0 Å². The third-order valence-corrected chi connectivity index (χ3v) is 6.93. The average molecular weight is 435 g/mol. The summed E-state index contributed by atoms with van der Waals surface area (Å²) in [6.45, 7) is 5.99. The molecule has 132 valence electrons. The van der Waals surface area contributed by atoms with Crippen LogP contribution in [0.1, 0.15) is 25.5 Å². The Labute approximate surface area is 154 Å². The number of hydrogen-bond acceptors (Lipinski definition) is 4. The highest BCUT2D eigenvalue weighted by atomic mass is 79.9. The molecule has 4 nitrogen and oxygen atoms in total. The van der Waals surface area contributed by atoms with Crippen LogP contribution < -0.4 is 4.72 Å². The molecule has 0 spiro atoms. The van der Waals surface area contributed by atoms with Gasteiger partial charge in [0.25, 0.3) is 0 Å². The van der Waals surface area contributed by atoms with Crippen molar-refractivity contribution in [3.8, 4) is 0 Å². The number of sulfonamides is 1. The van der Waals surface area contributed by atoms with Gasteiger partial charge in [-0.15, -0.1) is 0 Å². The van der Waals surface area contributed by atoms with Crippen LogP contribution in [0, 0.1) is 5.82 Å². The van der Waals surface area contributed by atoms with Crippen LogP contribution in [0.5, 0.6) is 0 Å². The molecule has 8 heteroatoms. The van der Waals surface area contributed by atoms with Crippen molar-refractivity contribution in [2.24, 2.45) is 0 Å². The molecule has 2 rings (SSSR count). The van der Waals surface area contributed by atoms with Crippen molar-refractivity contribution in [1.29, 1.82) is 0 Å². The molecule has 2 aromatic rings. The van der Waals surface area contributed by atoms with Gasteiger partial charge < -0.3 is 0 Å². The fraction of sp³-hybridized carbons (Fsp3) is 0.375. The van der Waals surface area contributed by atoms with Gasteiger partial charge in [-0.1, -0.05) is 13.8 Å². The highest BCUT2D eigenvalue weighted by Gasteiger charge is 2.23. The van der Waals surface area contributed by atoms with Crippen LogP contribution in [0.4, 0.5) is 4.39 Å². The summed E-state index contributed by atoms with van der Waals surface area (Å²) in [6.07, 6.45) is 0. The quantitative estimate of drug-likeness (QED) is 0.682. The van der Waals surface area contributed by atoms with Gasteiger partial charge in [0, 0.05) is 17.1 Å². The number of halogens is 2. The van der Waals surface area contributed by atoms with E-state index in [-0.39, 0.29) is 22.0 Å². The van der Waals surface area contributed by atoms with Gasteiger partial charge in [0.15, 0.2) is 0 Å². The Morgan fingerprint density at radius 3 is 2.54 bits per heavy atom. The number of nitrogens with zero attached hydrogens (tertiary/aromatic N) is 1. The van der Waals surface area contributed by atoms with Gasteiger partial charge in [0.05, 0.1) is 4.90 Å². The lowest BCUT2D eigenvalue weighted by atomic mass is 10.1. The van der Waals surface area contributed by atoms with Crippen molar-refractivity contribution in [3.05, 3.63) is 50.9 Å². The Balaban J connectivity index is 2.21. The lowest BCUT2D eigenvalue weighted by molar-refractivity contribution is 0.220. The summed E-state index contributed by atoms with van der Waals surface area (Å²) in [5, 5.41) is 4.02. The predicted molar refractivity (Wildman–Crippen MR) is 99.3 cm³/mol. The zero-order valence-corrected chi connectivity index (χ0v) is 16.7. The molecule has 0 aliphatic heterocycles. The maximum Gasteiger partial charge on any atom is 0.241 e. The highest BCUT2D eigenvalue weighted by Crippen LogP contribution is 2.25. The first-order valence-corrected chi connectivity index (χ1v) is 10.8. The number of hydrogen-bond donors (Lipinski definition) is 1. The number of thiophene rings is 1. The van der Waals surface area contributed by atoms with Gasteiger partial charge >= 0.3 is 0 Å². The summed E-state index contributed by atoms with van der Waals surface area (Å²) >= 11 is 4.70. The third kappa shape index (κ3) is 4.64. The van der Waals surface area contributed by atoms with Gasteiger partial charge in [-0.2, -0.15) is 11.3 Å². The molecule has 0 fully saturated rings. The summed E-state index contributed by atoms with van der Waals surface area (Å²) in [7, 11) is -3.73. The summed E-state index contributed by atoms with van der Waals surface area (Å²) in [5.41, 5.74) is 1.09. The molecule has 0 radical (unpaired) electrons. The fourth-order valence-corrected chi connectivity index (χ4v) is 5.34. The van der Waals surface area contributed by atoms with Crippen molar-refractivity contribution < 1.29 is 12.8 Å². The lowest BCUT2D eigenvalue weighted by Gasteiger charge is -2.29. The first-order chi connectivity index (χ1) is 11.4. The second kappa shape index (κ2) is 8.53. The summed E-state index contributed by atoms with van der Waals surface area (Å²) in [6, 6.07) is 5.52. The Hall–Kier alpha value is -0.800. The van der Waals surface area contributed by atoms with Gasteiger partial charge in [0.2, 0.25) is 10.0 Å². The summed E-state index contributed by atoms with van der Waals surface area (Å²) in [4.78, 5) is 2.23. The van der Waals surface area contributed by atoms with E-state index in [2.05, 4.69) is 25.6 Å². The van der Waals surface area contributed by atoms with Crippen molar-refractivity contribution in [1.82, 2.24) is 9.62 Å². The molecule has 0 saturated carbocycles. The maximum atomic E-state index is 13.2. The van der Waals surface area contributed by atoms with Gasteiger partial charge in [0.1, 0.15) is 5.82 Å². The monoisotopic (exact) mass is 434 g/mol. The Bertz CT molecular complexity index is 762. The topological polar surface area (TPSA) is 49.4 Å². The minimum atomic E-state index is -3.73. The molecule has 0 bridgehead atoms. The lowest BCUT2D eigenvalue weighted by Crippen LogP contribution is -2.38. The van der Waals surface area contributed by atoms with E-state index in [4.69, 9.17) is 0 Å². The van der Waals surface area contributed by atoms with Crippen molar-refractivity contribution in [3.63, 3.8) is 0 Å². The molecule has 0 saturated heterocycles. The molecule has 1 unspecified atom stereocenters. The third-order valence-electron chi connectivity index (χ3n) is 3.83. The zero-order valence-electron chi connectivity index (χ0n) is 13.5. The standard InChI is InChI=1S/C16H20BrFN2O2S2/c1-3-20(4-2)15(12-7-8-23-11-12)10-19-24(21,22)16-6-5-13(18)9-14(16)17/h5-9,11,15,19H,3-4,10H2,1-2H3. The minimum absolute atomic E-state index is 0.0347. The Kier molecular flexibility index (Phi) is 6.94. The largest absolute Gasteiger partial charge is 0.296 e. The second-order valence-electron chi connectivity index (χ2n) is 5.22. The smallest absolute Gasteiger partial charge is 0.241 e. The van der Waals surface area contributed by atoms with E-state index in [1.807, 2.05) is 30.7 Å². The zero-order chi connectivity index (χ0) is 17.7. The van der Waals surface area contributed by atoms with E-state index < -0.39 is 15.8 Å². The van der Waals surface area contributed by atoms with E-state index in [1.54, 1.807) is 11.3 Å². The molecule has 0 aliphatic carbocycles.